The number of rotatable bonds is 4. The maximum Gasteiger partial charge on any atom is 0.252 e. The largest absolute Gasteiger partial charge is 0.496 e. The minimum absolute atomic E-state index is 0.0710. The van der Waals surface area contributed by atoms with Crippen LogP contribution in [0.25, 0.3) is 0 Å². The first-order valence-electron chi connectivity index (χ1n) is 7.23. The number of carbonyl (C=O) groups is 1. The molecule has 0 aromatic heterocycles. The standard InChI is InChI=1S/C15H22N2O4S/c1-10-6-11(2)9-17(8-10)22(19,20)12-4-5-14(21-3)13(7-12)15(16)18/h4-5,7,10-11H,6,8-9H2,1-3H3,(H2,16,18). The van der Waals surface area contributed by atoms with Gasteiger partial charge in [-0.2, -0.15) is 4.31 Å². The summed E-state index contributed by atoms with van der Waals surface area (Å²) in [4.78, 5) is 11.5. The second-order valence-corrected chi connectivity index (χ2v) is 7.93. The molecule has 0 bridgehead atoms. The summed E-state index contributed by atoms with van der Waals surface area (Å²) in [6.07, 6.45) is 1.02. The van der Waals surface area contributed by atoms with E-state index in [2.05, 4.69) is 0 Å². The Bertz CT molecular complexity index is 662. The Kier molecular flexibility index (Phi) is 4.77. The van der Waals surface area contributed by atoms with Crippen molar-refractivity contribution in [2.24, 2.45) is 17.6 Å². The van der Waals surface area contributed by atoms with Gasteiger partial charge in [0.25, 0.3) is 5.91 Å². The first-order chi connectivity index (χ1) is 10.3. The van der Waals surface area contributed by atoms with Gasteiger partial charge < -0.3 is 10.5 Å². The number of carbonyl (C=O) groups excluding carboxylic acids is 1. The van der Waals surface area contributed by atoms with Crippen molar-refractivity contribution in [2.45, 2.75) is 25.2 Å². The van der Waals surface area contributed by atoms with E-state index in [1.54, 1.807) is 0 Å². The number of nitrogens with two attached hydrogens (primary N) is 1. The highest BCUT2D eigenvalue weighted by molar-refractivity contribution is 7.89. The molecular formula is C15H22N2O4S. The summed E-state index contributed by atoms with van der Waals surface area (Å²) in [7, 11) is -2.23. The zero-order valence-electron chi connectivity index (χ0n) is 13.1. The van der Waals surface area contributed by atoms with Crippen LogP contribution in [0.3, 0.4) is 0 Å². The van der Waals surface area contributed by atoms with Gasteiger partial charge in [-0.15, -0.1) is 0 Å². The summed E-state index contributed by atoms with van der Waals surface area (Å²) < 4.78 is 32.1. The minimum atomic E-state index is -3.64. The third-order valence-electron chi connectivity index (χ3n) is 3.91. The predicted octanol–water partition coefficient (Wildman–Crippen LogP) is 1.46. The third kappa shape index (κ3) is 3.25. The number of primary amides is 1. The Balaban J connectivity index is 2.41. The fourth-order valence-corrected chi connectivity index (χ4v) is 4.70. The molecule has 6 nitrogen and oxygen atoms in total. The van der Waals surface area contributed by atoms with Crippen molar-refractivity contribution < 1.29 is 17.9 Å². The van der Waals surface area contributed by atoms with Crippen molar-refractivity contribution in [1.29, 1.82) is 0 Å². The first kappa shape index (κ1) is 16.8. The number of hydrogen-bond acceptors (Lipinski definition) is 4. The van der Waals surface area contributed by atoms with Crippen LogP contribution in [0.15, 0.2) is 23.1 Å². The van der Waals surface area contributed by atoms with Crippen molar-refractivity contribution in [2.75, 3.05) is 20.2 Å². The van der Waals surface area contributed by atoms with E-state index in [1.807, 2.05) is 13.8 Å². The molecule has 1 saturated heterocycles. The fraction of sp³-hybridized carbons (Fsp3) is 0.533. The molecule has 7 heteroatoms. The number of benzene rings is 1. The highest BCUT2D eigenvalue weighted by Gasteiger charge is 2.32. The summed E-state index contributed by atoms with van der Waals surface area (Å²) in [5.74, 6) is 0.181. The van der Waals surface area contributed by atoms with Gasteiger partial charge in [0.05, 0.1) is 17.6 Å². The molecule has 2 atom stereocenters. The molecule has 1 aliphatic rings. The smallest absolute Gasteiger partial charge is 0.252 e. The van der Waals surface area contributed by atoms with E-state index in [1.165, 1.54) is 29.6 Å². The van der Waals surface area contributed by atoms with E-state index in [0.29, 0.717) is 24.9 Å². The topological polar surface area (TPSA) is 89.7 Å². The normalized spacial score (nSPS) is 23.2. The number of piperidine rings is 1. The quantitative estimate of drug-likeness (QED) is 0.907. The van der Waals surface area contributed by atoms with E-state index < -0.39 is 15.9 Å². The zero-order valence-corrected chi connectivity index (χ0v) is 13.9. The molecule has 22 heavy (non-hydrogen) atoms. The highest BCUT2D eigenvalue weighted by atomic mass is 32.2. The van der Waals surface area contributed by atoms with Crippen LogP contribution >= 0.6 is 0 Å². The van der Waals surface area contributed by atoms with Crippen molar-refractivity contribution in [3.63, 3.8) is 0 Å². The summed E-state index contributed by atoms with van der Waals surface area (Å²) in [5, 5.41) is 0. The molecule has 1 heterocycles. The van der Waals surface area contributed by atoms with Crippen LogP contribution in [-0.2, 0) is 10.0 Å². The summed E-state index contributed by atoms with van der Waals surface area (Å²) in [6, 6.07) is 4.20. The number of ether oxygens (including phenoxy) is 1. The minimum Gasteiger partial charge on any atom is -0.496 e. The van der Waals surface area contributed by atoms with Gasteiger partial charge in [-0.25, -0.2) is 8.42 Å². The van der Waals surface area contributed by atoms with Crippen LogP contribution in [0, 0.1) is 11.8 Å². The Morgan fingerprint density at radius 2 is 1.86 bits per heavy atom. The van der Waals surface area contributed by atoms with Crippen LogP contribution in [0.1, 0.15) is 30.6 Å². The van der Waals surface area contributed by atoms with Gasteiger partial charge in [0.2, 0.25) is 10.0 Å². The summed E-state index contributed by atoms with van der Waals surface area (Å²) in [5.41, 5.74) is 5.37. The molecule has 2 unspecified atom stereocenters. The Hall–Kier alpha value is -1.60. The van der Waals surface area contributed by atoms with Crippen molar-refractivity contribution in [3.05, 3.63) is 23.8 Å². The third-order valence-corrected chi connectivity index (χ3v) is 5.74. The Morgan fingerprint density at radius 3 is 2.36 bits per heavy atom. The maximum absolute atomic E-state index is 12.8. The Morgan fingerprint density at radius 1 is 1.27 bits per heavy atom. The molecule has 0 spiro atoms. The van der Waals surface area contributed by atoms with Crippen LogP contribution in [-0.4, -0.2) is 38.8 Å². The summed E-state index contributed by atoms with van der Waals surface area (Å²) in [6.45, 7) is 5.07. The lowest BCUT2D eigenvalue weighted by Gasteiger charge is -2.34. The van der Waals surface area contributed by atoms with Crippen molar-refractivity contribution >= 4 is 15.9 Å². The van der Waals surface area contributed by atoms with Crippen LogP contribution in [0.4, 0.5) is 0 Å². The molecule has 122 valence electrons. The maximum atomic E-state index is 12.8. The van der Waals surface area contributed by atoms with Crippen LogP contribution < -0.4 is 10.5 Å². The van der Waals surface area contributed by atoms with Crippen molar-refractivity contribution in [3.8, 4) is 5.75 Å². The first-order valence-corrected chi connectivity index (χ1v) is 8.67. The molecule has 0 radical (unpaired) electrons. The second-order valence-electron chi connectivity index (χ2n) is 5.99. The SMILES string of the molecule is COc1ccc(S(=O)(=O)N2CC(C)CC(C)C2)cc1C(N)=O. The fourth-order valence-electron chi connectivity index (χ4n) is 2.99. The molecule has 0 aliphatic carbocycles. The lowest BCUT2D eigenvalue weighted by Crippen LogP contribution is -2.42. The molecule has 1 aromatic rings. The number of sulfonamides is 1. The Labute approximate surface area is 131 Å². The zero-order chi connectivity index (χ0) is 16.5. The number of amides is 1. The second kappa shape index (κ2) is 6.26. The number of methoxy groups -OCH3 is 1. The van der Waals surface area contributed by atoms with Crippen molar-refractivity contribution in [1.82, 2.24) is 4.31 Å². The van der Waals surface area contributed by atoms with E-state index >= 15 is 0 Å². The lowest BCUT2D eigenvalue weighted by atomic mass is 9.94. The average Bonchev–Trinajstić information content (AvgIpc) is 2.45. The summed E-state index contributed by atoms with van der Waals surface area (Å²) >= 11 is 0. The molecule has 1 fully saturated rings. The van der Waals surface area contributed by atoms with Gasteiger partial charge in [0.1, 0.15) is 5.75 Å². The van der Waals surface area contributed by atoms with E-state index in [4.69, 9.17) is 10.5 Å². The van der Waals surface area contributed by atoms with Gasteiger partial charge in [0.15, 0.2) is 0 Å². The van der Waals surface area contributed by atoms with Crippen LogP contribution in [0.5, 0.6) is 5.75 Å². The molecular weight excluding hydrogens is 304 g/mol. The number of hydrogen-bond donors (Lipinski definition) is 1. The predicted molar refractivity (Wildman–Crippen MR) is 83.2 cm³/mol. The molecule has 2 N–H and O–H groups in total. The van der Waals surface area contributed by atoms with E-state index in [-0.39, 0.29) is 16.2 Å². The monoisotopic (exact) mass is 326 g/mol. The lowest BCUT2D eigenvalue weighted by molar-refractivity contribution is 0.0997. The van der Waals surface area contributed by atoms with E-state index in [0.717, 1.165) is 6.42 Å². The molecule has 1 aromatic carbocycles. The van der Waals surface area contributed by atoms with Crippen LogP contribution in [0.2, 0.25) is 0 Å². The number of nitrogens with zero attached hydrogens (tertiary/aromatic N) is 1. The molecule has 1 aliphatic heterocycles. The van der Waals surface area contributed by atoms with E-state index in [9.17, 15) is 13.2 Å². The van der Waals surface area contributed by atoms with Gasteiger partial charge in [-0.05, 0) is 36.5 Å². The van der Waals surface area contributed by atoms with Gasteiger partial charge in [0, 0.05) is 13.1 Å². The molecule has 1 amide bonds. The van der Waals surface area contributed by atoms with Gasteiger partial charge in [-0.1, -0.05) is 13.8 Å². The van der Waals surface area contributed by atoms with Gasteiger partial charge >= 0.3 is 0 Å². The van der Waals surface area contributed by atoms with Gasteiger partial charge in [-0.3, -0.25) is 4.79 Å². The highest BCUT2D eigenvalue weighted by Crippen LogP contribution is 2.29. The average molecular weight is 326 g/mol. The molecule has 2 rings (SSSR count). The molecule has 0 saturated carbocycles.